The molecule has 0 aliphatic heterocycles. The molecule has 0 bridgehead atoms. The zero-order valence-corrected chi connectivity index (χ0v) is 17.1. The van der Waals surface area contributed by atoms with Crippen LogP contribution in [0.4, 0.5) is 0 Å². The first kappa shape index (κ1) is 18.8. The molecule has 0 aromatic heterocycles. The van der Waals surface area contributed by atoms with Crippen molar-refractivity contribution in [1.29, 1.82) is 0 Å². The summed E-state index contributed by atoms with van der Waals surface area (Å²) >= 11 is 0. The molecule has 0 spiro atoms. The van der Waals surface area contributed by atoms with E-state index >= 15 is 0 Å². The van der Waals surface area contributed by atoms with E-state index in [0.717, 1.165) is 15.9 Å². The van der Waals surface area contributed by atoms with Gasteiger partial charge < -0.3 is 0 Å². The van der Waals surface area contributed by atoms with Crippen LogP contribution in [-0.2, 0) is 11.0 Å². The highest BCUT2D eigenvalue weighted by molar-refractivity contribution is 7.97. The fourth-order valence-corrected chi connectivity index (χ4v) is 8.46. The summed E-state index contributed by atoms with van der Waals surface area (Å²) in [6, 6.07) is 30.9. The minimum absolute atomic E-state index is 0.413. The molecule has 3 aromatic rings. The summed E-state index contributed by atoms with van der Waals surface area (Å²) < 4.78 is 17.8. The van der Waals surface area contributed by atoms with E-state index in [9.17, 15) is 4.21 Å². The van der Waals surface area contributed by atoms with E-state index in [2.05, 4.69) is 36.4 Å². The van der Waals surface area contributed by atoms with Crippen molar-refractivity contribution in [1.82, 2.24) is 0 Å². The van der Waals surface area contributed by atoms with Crippen LogP contribution in [0.5, 0.6) is 0 Å². The quantitative estimate of drug-likeness (QED) is 0.606. The lowest BCUT2D eigenvalue weighted by atomic mass is 10.3. The maximum absolute atomic E-state index is 13.2. The summed E-state index contributed by atoms with van der Waals surface area (Å²) in [7, 11) is -3.71. The van der Waals surface area contributed by atoms with Gasteiger partial charge in [0, 0.05) is 15.9 Å². The van der Waals surface area contributed by atoms with Crippen molar-refractivity contribution < 1.29 is 4.21 Å². The van der Waals surface area contributed by atoms with Crippen LogP contribution in [0, 0.1) is 0 Å². The summed E-state index contributed by atoms with van der Waals surface area (Å²) in [5, 5.41) is 3.36. The number of benzene rings is 3. The SMILES string of the molecule is CC(C)(C)S(=O)N=P(c1ccccc1)(c1ccccc1)c1ccccc1. The maximum atomic E-state index is 13.2. The van der Waals surface area contributed by atoms with Crippen molar-refractivity contribution in [2.24, 2.45) is 4.15 Å². The number of hydrogen-bond donors (Lipinski definition) is 0. The van der Waals surface area contributed by atoms with Crippen molar-refractivity contribution in [2.45, 2.75) is 25.5 Å². The maximum Gasteiger partial charge on any atom is 0.144 e. The first-order valence-corrected chi connectivity index (χ1v) is 11.5. The molecule has 3 aromatic carbocycles. The second-order valence-electron chi connectivity index (χ2n) is 7.09. The zero-order chi connectivity index (χ0) is 18.6. The first-order valence-electron chi connectivity index (χ1n) is 8.66. The molecule has 0 N–H and O–H groups in total. The van der Waals surface area contributed by atoms with Crippen LogP contribution in [0.15, 0.2) is 95.1 Å². The van der Waals surface area contributed by atoms with Crippen LogP contribution in [0.25, 0.3) is 0 Å². The van der Waals surface area contributed by atoms with Crippen molar-refractivity contribution in [3.8, 4) is 0 Å². The van der Waals surface area contributed by atoms with Gasteiger partial charge in [-0.3, -0.25) is 0 Å². The Morgan fingerprint density at radius 2 is 0.962 bits per heavy atom. The van der Waals surface area contributed by atoms with Gasteiger partial charge in [0.1, 0.15) is 11.0 Å². The molecule has 0 aliphatic rings. The molecule has 26 heavy (non-hydrogen) atoms. The molecular formula is C22H24NOPS. The molecule has 1 unspecified atom stereocenters. The molecule has 0 amide bonds. The Morgan fingerprint density at radius 3 is 1.23 bits per heavy atom. The highest BCUT2D eigenvalue weighted by atomic mass is 32.2. The highest BCUT2D eigenvalue weighted by Crippen LogP contribution is 2.47. The van der Waals surface area contributed by atoms with Crippen LogP contribution < -0.4 is 15.9 Å². The molecule has 4 heteroatoms. The fourth-order valence-electron chi connectivity index (χ4n) is 2.75. The molecule has 0 fully saturated rings. The van der Waals surface area contributed by atoms with E-state index < -0.39 is 22.8 Å². The standard InChI is InChI=1S/C22H24NOPS/c1-22(2,3)26(24)23-25(19-13-7-4-8-14-19,20-15-9-5-10-16-20)21-17-11-6-12-18-21/h4-18H,1-3H3. The minimum atomic E-state index is -2.38. The Labute approximate surface area is 159 Å². The number of nitrogens with zero attached hydrogens (tertiary/aromatic N) is 1. The summed E-state index contributed by atoms with van der Waals surface area (Å²) in [6.07, 6.45) is 0. The normalized spacial score (nSPS) is 13.2. The third kappa shape index (κ3) is 3.75. The van der Waals surface area contributed by atoms with Gasteiger partial charge in [-0.2, -0.15) is 4.15 Å². The van der Waals surface area contributed by atoms with E-state index in [4.69, 9.17) is 4.15 Å². The predicted octanol–water partition coefficient (Wildman–Crippen LogP) is 4.63. The van der Waals surface area contributed by atoms with Gasteiger partial charge >= 0.3 is 0 Å². The molecule has 1 atom stereocenters. The number of rotatable bonds is 4. The summed E-state index contributed by atoms with van der Waals surface area (Å²) in [5.41, 5.74) is 0. The van der Waals surface area contributed by atoms with E-state index in [-0.39, 0.29) is 0 Å². The van der Waals surface area contributed by atoms with Gasteiger partial charge in [-0.05, 0) is 20.8 Å². The molecule has 0 aliphatic carbocycles. The average Bonchev–Trinajstić information content (AvgIpc) is 2.67. The molecule has 0 saturated heterocycles. The van der Waals surface area contributed by atoms with Gasteiger partial charge in [-0.25, -0.2) is 4.21 Å². The van der Waals surface area contributed by atoms with Crippen LogP contribution in [0.3, 0.4) is 0 Å². The second-order valence-corrected chi connectivity index (χ2v) is 12.3. The lowest BCUT2D eigenvalue weighted by molar-refractivity contribution is 0.651. The molecule has 2 nitrogen and oxygen atoms in total. The van der Waals surface area contributed by atoms with Gasteiger partial charge in [0.2, 0.25) is 0 Å². The van der Waals surface area contributed by atoms with Gasteiger partial charge in [-0.1, -0.05) is 91.0 Å². The first-order chi connectivity index (χ1) is 12.4. The molecule has 0 heterocycles. The third-order valence-corrected chi connectivity index (χ3v) is 9.87. The third-order valence-electron chi connectivity index (χ3n) is 4.11. The Hall–Kier alpha value is -1.96. The van der Waals surface area contributed by atoms with Gasteiger partial charge in [0.05, 0.1) is 11.8 Å². The monoisotopic (exact) mass is 381 g/mol. The summed E-state index contributed by atoms with van der Waals surface area (Å²) in [6.45, 7) is 5.92. The highest BCUT2D eigenvalue weighted by Gasteiger charge is 2.31. The van der Waals surface area contributed by atoms with E-state index in [1.165, 1.54) is 0 Å². The smallest absolute Gasteiger partial charge is 0.144 e. The molecule has 3 rings (SSSR count). The fraction of sp³-hybridized carbons (Fsp3) is 0.182. The van der Waals surface area contributed by atoms with Gasteiger partial charge in [-0.15, -0.1) is 0 Å². The number of hydrogen-bond acceptors (Lipinski definition) is 1. The van der Waals surface area contributed by atoms with Crippen molar-refractivity contribution in [3.05, 3.63) is 91.0 Å². The summed E-state index contributed by atoms with van der Waals surface area (Å²) in [5.74, 6) is 0. The van der Waals surface area contributed by atoms with E-state index in [0.29, 0.717) is 0 Å². The van der Waals surface area contributed by atoms with Crippen molar-refractivity contribution in [3.63, 3.8) is 0 Å². The lowest BCUT2D eigenvalue weighted by Crippen LogP contribution is -2.28. The molecule has 134 valence electrons. The van der Waals surface area contributed by atoms with Crippen molar-refractivity contribution in [2.75, 3.05) is 0 Å². The minimum Gasteiger partial charge on any atom is -0.235 e. The molecule has 0 radical (unpaired) electrons. The van der Waals surface area contributed by atoms with Gasteiger partial charge in [0.15, 0.2) is 0 Å². The van der Waals surface area contributed by atoms with Crippen LogP contribution in [0.1, 0.15) is 20.8 Å². The Morgan fingerprint density at radius 1 is 0.654 bits per heavy atom. The predicted molar refractivity (Wildman–Crippen MR) is 115 cm³/mol. The van der Waals surface area contributed by atoms with Crippen molar-refractivity contribution >= 4 is 34.0 Å². The van der Waals surface area contributed by atoms with Gasteiger partial charge in [0.25, 0.3) is 0 Å². The Balaban J connectivity index is 2.44. The zero-order valence-electron chi connectivity index (χ0n) is 15.4. The molecular weight excluding hydrogens is 357 g/mol. The van der Waals surface area contributed by atoms with E-state index in [1.807, 2.05) is 75.4 Å². The van der Waals surface area contributed by atoms with Crippen LogP contribution in [0.2, 0.25) is 0 Å². The lowest BCUT2D eigenvalue weighted by Gasteiger charge is -2.28. The second kappa shape index (κ2) is 7.73. The Kier molecular flexibility index (Phi) is 5.60. The Bertz CT molecular complexity index is 829. The molecule has 0 saturated carbocycles. The average molecular weight is 381 g/mol. The summed E-state index contributed by atoms with van der Waals surface area (Å²) in [4.78, 5) is 0. The van der Waals surface area contributed by atoms with E-state index in [1.54, 1.807) is 0 Å². The van der Waals surface area contributed by atoms with Crippen LogP contribution >= 0.6 is 7.05 Å². The van der Waals surface area contributed by atoms with Crippen LogP contribution in [-0.4, -0.2) is 8.96 Å². The topological polar surface area (TPSA) is 29.4 Å². The largest absolute Gasteiger partial charge is 0.235 e.